The van der Waals surface area contributed by atoms with Crippen LogP contribution in [0.15, 0.2) is 0 Å². The van der Waals surface area contributed by atoms with E-state index in [2.05, 4.69) is 11.7 Å². The van der Waals surface area contributed by atoms with Crippen molar-refractivity contribution in [1.82, 2.24) is 0 Å². The zero-order valence-electron chi connectivity index (χ0n) is 17.2. The second-order valence-electron chi connectivity index (χ2n) is 7.81. The van der Waals surface area contributed by atoms with Crippen LogP contribution in [-0.4, -0.2) is 36.9 Å². The molecule has 0 amide bonds. The van der Waals surface area contributed by atoms with Crippen LogP contribution >= 0.6 is 0 Å². The Morgan fingerprint density at radius 3 is 2.00 bits per heavy atom. The summed E-state index contributed by atoms with van der Waals surface area (Å²) in [6, 6.07) is 0. The fourth-order valence-electron chi connectivity index (χ4n) is 3.50. The van der Waals surface area contributed by atoms with Crippen LogP contribution in [0.5, 0.6) is 0 Å². The minimum absolute atomic E-state index is 0.0380. The zero-order chi connectivity index (χ0) is 19.4. The summed E-state index contributed by atoms with van der Waals surface area (Å²) in [5, 5.41) is 0. The Bertz CT molecular complexity index is 419. The number of carbonyl (C=O) groups is 2. The molecule has 2 atom stereocenters. The van der Waals surface area contributed by atoms with E-state index in [0.717, 1.165) is 12.8 Å². The van der Waals surface area contributed by atoms with Crippen LogP contribution in [0.3, 0.4) is 0 Å². The van der Waals surface area contributed by atoms with Crippen molar-refractivity contribution in [2.45, 2.75) is 116 Å². The van der Waals surface area contributed by atoms with Crippen LogP contribution in [0.2, 0.25) is 0 Å². The lowest BCUT2D eigenvalue weighted by molar-refractivity contribution is -0.149. The van der Waals surface area contributed by atoms with Gasteiger partial charge in [0, 0.05) is 6.42 Å². The number of ketones is 1. The van der Waals surface area contributed by atoms with Gasteiger partial charge < -0.3 is 14.2 Å². The number of methoxy groups -OCH3 is 1. The van der Waals surface area contributed by atoms with E-state index in [1.54, 1.807) is 0 Å². The Balaban J connectivity index is 2.26. The van der Waals surface area contributed by atoms with Gasteiger partial charge in [-0.1, -0.05) is 58.3 Å². The highest BCUT2D eigenvalue weighted by atomic mass is 16.7. The molecule has 5 nitrogen and oxygen atoms in total. The lowest BCUT2D eigenvalue weighted by Crippen LogP contribution is -2.24. The first-order valence-electron chi connectivity index (χ1n) is 10.3. The largest absolute Gasteiger partial charge is 0.469 e. The van der Waals surface area contributed by atoms with E-state index in [4.69, 9.17) is 9.47 Å². The smallest absolute Gasteiger partial charge is 0.313 e. The molecule has 5 heteroatoms. The highest BCUT2D eigenvalue weighted by Gasteiger charge is 2.40. The molecule has 1 saturated heterocycles. The lowest BCUT2D eigenvalue weighted by atomic mass is 10.00. The summed E-state index contributed by atoms with van der Waals surface area (Å²) in [5.41, 5.74) is 0. The third-order valence-corrected chi connectivity index (χ3v) is 4.90. The number of hydrogen-bond acceptors (Lipinski definition) is 5. The molecule has 0 spiro atoms. The molecule has 0 unspecified atom stereocenters. The van der Waals surface area contributed by atoms with Gasteiger partial charge in [-0.2, -0.15) is 0 Å². The fraction of sp³-hybridized carbons (Fsp3) is 0.905. The summed E-state index contributed by atoms with van der Waals surface area (Å²) < 4.78 is 16.5. The molecule has 0 aromatic carbocycles. The standard InChI is InChI=1S/C21H38O5/c1-5-6-7-8-9-10-11-12-13-18-19(26-21(2,3)25-18)15-14-17(22)16-20(23)24-4/h18-19H,5-16H2,1-4H3/t18-,19-/m0/s1. The number of rotatable bonds is 14. The topological polar surface area (TPSA) is 61.8 Å². The first-order valence-corrected chi connectivity index (χ1v) is 10.3. The van der Waals surface area contributed by atoms with Gasteiger partial charge in [-0.25, -0.2) is 0 Å². The minimum atomic E-state index is -0.596. The van der Waals surface area contributed by atoms with Gasteiger partial charge in [0.25, 0.3) is 0 Å². The van der Waals surface area contributed by atoms with Crippen molar-refractivity contribution in [2.24, 2.45) is 0 Å². The third-order valence-electron chi connectivity index (χ3n) is 4.90. The van der Waals surface area contributed by atoms with Gasteiger partial charge in [-0.05, 0) is 26.7 Å². The molecule has 0 N–H and O–H groups in total. The molecule has 0 saturated carbocycles. The molecule has 0 bridgehead atoms. The van der Waals surface area contributed by atoms with Gasteiger partial charge in [0.1, 0.15) is 12.2 Å². The summed E-state index contributed by atoms with van der Waals surface area (Å²) >= 11 is 0. The molecular formula is C21H38O5. The zero-order valence-corrected chi connectivity index (χ0v) is 17.2. The summed E-state index contributed by atoms with van der Waals surface area (Å²) in [6.07, 6.45) is 12.0. The first-order chi connectivity index (χ1) is 12.4. The van der Waals surface area contributed by atoms with Gasteiger partial charge in [0.2, 0.25) is 0 Å². The number of hydrogen-bond donors (Lipinski definition) is 0. The predicted molar refractivity (Wildman–Crippen MR) is 102 cm³/mol. The Kier molecular flexibility index (Phi) is 11.1. The molecule has 0 aromatic heterocycles. The number of esters is 1. The van der Waals surface area contributed by atoms with Gasteiger partial charge in [-0.3, -0.25) is 9.59 Å². The number of carbonyl (C=O) groups excluding carboxylic acids is 2. The molecule has 1 heterocycles. The Morgan fingerprint density at radius 1 is 0.885 bits per heavy atom. The average Bonchev–Trinajstić information content (AvgIpc) is 2.89. The number of unbranched alkanes of at least 4 members (excludes halogenated alkanes) is 7. The maximum absolute atomic E-state index is 11.8. The van der Waals surface area contributed by atoms with E-state index in [9.17, 15) is 9.59 Å². The molecule has 0 aliphatic carbocycles. The quantitative estimate of drug-likeness (QED) is 0.246. The van der Waals surface area contributed by atoms with E-state index in [1.807, 2.05) is 13.8 Å². The molecule has 26 heavy (non-hydrogen) atoms. The van der Waals surface area contributed by atoms with Crippen molar-refractivity contribution in [2.75, 3.05) is 7.11 Å². The molecule has 0 radical (unpaired) electrons. The van der Waals surface area contributed by atoms with Crippen LogP contribution in [0, 0.1) is 0 Å². The molecular weight excluding hydrogens is 332 g/mol. The third kappa shape index (κ3) is 9.67. The maximum Gasteiger partial charge on any atom is 0.313 e. The minimum Gasteiger partial charge on any atom is -0.469 e. The Labute approximate surface area is 159 Å². The maximum atomic E-state index is 11.8. The summed E-state index contributed by atoms with van der Waals surface area (Å²) in [5.74, 6) is -1.17. The number of ether oxygens (including phenoxy) is 3. The number of Topliss-reactive ketones (excluding diaryl/α,β-unsaturated/α-hetero) is 1. The van der Waals surface area contributed by atoms with Crippen molar-refractivity contribution < 1.29 is 23.8 Å². The molecule has 1 aliphatic rings. The second-order valence-corrected chi connectivity index (χ2v) is 7.81. The van der Waals surface area contributed by atoms with E-state index >= 15 is 0 Å². The van der Waals surface area contributed by atoms with Gasteiger partial charge in [-0.15, -0.1) is 0 Å². The van der Waals surface area contributed by atoms with Crippen LogP contribution in [0.25, 0.3) is 0 Å². The van der Waals surface area contributed by atoms with Gasteiger partial charge in [0.05, 0.1) is 19.3 Å². The Hall–Kier alpha value is -0.940. The fourth-order valence-corrected chi connectivity index (χ4v) is 3.50. The SMILES string of the molecule is CCCCCCCCCC[C@@H]1OC(C)(C)O[C@H]1CCC(=O)CC(=O)OC. The van der Waals surface area contributed by atoms with E-state index in [1.165, 1.54) is 52.1 Å². The highest BCUT2D eigenvalue weighted by Crippen LogP contribution is 2.33. The average molecular weight is 371 g/mol. The van der Waals surface area contributed by atoms with E-state index in [0.29, 0.717) is 12.8 Å². The van der Waals surface area contributed by atoms with Crippen molar-refractivity contribution in [3.8, 4) is 0 Å². The van der Waals surface area contributed by atoms with Crippen molar-refractivity contribution in [3.63, 3.8) is 0 Å². The lowest BCUT2D eigenvalue weighted by Gasteiger charge is -2.16. The summed E-state index contributed by atoms with van der Waals surface area (Å²) in [7, 11) is 1.30. The van der Waals surface area contributed by atoms with Crippen molar-refractivity contribution in [3.05, 3.63) is 0 Å². The molecule has 152 valence electrons. The van der Waals surface area contributed by atoms with Gasteiger partial charge in [0.15, 0.2) is 5.79 Å². The predicted octanol–water partition coefficient (Wildman–Crippen LogP) is 4.95. The monoisotopic (exact) mass is 370 g/mol. The van der Waals surface area contributed by atoms with E-state index in [-0.39, 0.29) is 24.4 Å². The summed E-state index contributed by atoms with van der Waals surface area (Å²) in [4.78, 5) is 23.0. The van der Waals surface area contributed by atoms with Crippen LogP contribution in [-0.2, 0) is 23.8 Å². The molecule has 1 fully saturated rings. The normalized spacial score (nSPS) is 21.7. The second kappa shape index (κ2) is 12.4. The van der Waals surface area contributed by atoms with Crippen molar-refractivity contribution >= 4 is 11.8 Å². The summed E-state index contributed by atoms with van der Waals surface area (Å²) in [6.45, 7) is 6.08. The highest BCUT2D eigenvalue weighted by molar-refractivity contribution is 5.95. The Morgan fingerprint density at radius 2 is 1.42 bits per heavy atom. The van der Waals surface area contributed by atoms with E-state index < -0.39 is 11.8 Å². The van der Waals surface area contributed by atoms with Crippen LogP contribution < -0.4 is 0 Å². The first kappa shape index (κ1) is 23.1. The van der Waals surface area contributed by atoms with Gasteiger partial charge >= 0.3 is 5.97 Å². The molecule has 1 aliphatic heterocycles. The molecule has 0 aromatic rings. The van der Waals surface area contributed by atoms with Crippen LogP contribution in [0.4, 0.5) is 0 Å². The van der Waals surface area contributed by atoms with Crippen LogP contribution in [0.1, 0.15) is 97.8 Å². The van der Waals surface area contributed by atoms with Crippen molar-refractivity contribution in [1.29, 1.82) is 0 Å². The molecule has 1 rings (SSSR count).